The number of hydrogen-bond acceptors (Lipinski definition) is 7. The van der Waals surface area contributed by atoms with Gasteiger partial charge in [-0.1, -0.05) is 12.1 Å². The van der Waals surface area contributed by atoms with Crippen LogP contribution in [0, 0.1) is 0 Å². The highest BCUT2D eigenvalue weighted by Crippen LogP contribution is 2.40. The summed E-state index contributed by atoms with van der Waals surface area (Å²) in [6.07, 6.45) is 0.717. The molecule has 0 saturated carbocycles. The van der Waals surface area contributed by atoms with E-state index in [9.17, 15) is 19.5 Å². The average Bonchev–Trinajstić information content (AvgIpc) is 3.34. The summed E-state index contributed by atoms with van der Waals surface area (Å²) in [5.41, 5.74) is 2.09. The monoisotopic (exact) mass is 450 g/mol. The Bertz CT molecular complexity index is 1140. The fourth-order valence-electron chi connectivity index (χ4n) is 4.14. The molecule has 2 aliphatic rings. The molecule has 8 nitrogen and oxygen atoms in total. The molecule has 0 aliphatic carbocycles. The van der Waals surface area contributed by atoms with Crippen molar-refractivity contribution >= 4 is 23.4 Å². The van der Waals surface area contributed by atoms with Crippen LogP contribution < -0.4 is 9.47 Å². The lowest BCUT2D eigenvalue weighted by Crippen LogP contribution is -2.35. The fourth-order valence-corrected chi connectivity index (χ4v) is 4.14. The van der Waals surface area contributed by atoms with Gasteiger partial charge in [0.2, 0.25) is 0 Å². The molecule has 4 rings (SSSR count). The number of benzene rings is 2. The zero-order valence-electron chi connectivity index (χ0n) is 18.8. The highest BCUT2D eigenvalue weighted by atomic mass is 16.5. The van der Waals surface area contributed by atoms with E-state index in [1.165, 1.54) is 11.8 Å². The molecule has 172 valence electrons. The van der Waals surface area contributed by atoms with E-state index >= 15 is 0 Å². The molecule has 2 heterocycles. The van der Waals surface area contributed by atoms with Crippen LogP contribution in [0.4, 0.5) is 0 Å². The number of aliphatic hydroxyl groups is 1. The third-order valence-electron chi connectivity index (χ3n) is 5.75. The number of rotatable bonds is 6. The van der Waals surface area contributed by atoms with Crippen LogP contribution in [0.5, 0.6) is 11.5 Å². The second-order valence-corrected chi connectivity index (χ2v) is 8.38. The van der Waals surface area contributed by atoms with E-state index in [1.54, 1.807) is 42.5 Å². The summed E-state index contributed by atoms with van der Waals surface area (Å²) in [5, 5.41) is 11.2. The van der Waals surface area contributed by atoms with Crippen LogP contribution in [0.25, 0.3) is 5.76 Å². The maximum atomic E-state index is 13.1. The predicted octanol–water partition coefficient (Wildman–Crippen LogP) is 2.53. The van der Waals surface area contributed by atoms with Gasteiger partial charge in [-0.3, -0.25) is 14.4 Å². The van der Waals surface area contributed by atoms with E-state index in [2.05, 4.69) is 0 Å². The Morgan fingerprint density at radius 2 is 1.91 bits per heavy atom. The molecule has 0 radical (unpaired) electrons. The number of carbonyl (C=O) groups is 3. The average molecular weight is 450 g/mol. The van der Waals surface area contributed by atoms with Crippen molar-refractivity contribution in [1.29, 1.82) is 0 Å². The molecule has 2 aromatic rings. The van der Waals surface area contributed by atoms with Gasteiger partial charge in [0.1, 0.15) is 17.3 Å². The Balaban J connectivity index is 1.79. The van der Waals surface area contributed by atoms with Crippen LogP contribution in [0.1, 0.15) is 29.7 Å². The first-order valence-electron chi connectivity index (χ1n) is 10.7. The Morgan fingerprint density at radius 3 is 2.58 bits per heavy atom. The minimum atomic E-state index is -0.763. The topological polar surface area (TPSA) is 96.4 Å². The fraction of sp³-hybridized carbons (Fsp3) is 0.320. The molecule has 8 heteroatoms. The number of carbonyl (C=O) groups excluding carboxylic acids is 3. The van der Waals surface area contributed by atoms with Gasteiger partial charge in [0.15, 0.2) is 0 Å². The molecule has 1 atom stereocenters. The second kappa shape index (κ2) is 9.07. The number of nitrogens with zero attached hydrogens (tertiary/aromatic N) is 2. The number of ketones is 1. The molecule has 2 aromatic carbocycles. The molecule has 0 spiro atoms. The van der Waals surface area contributed by atoms with Crippen LogP contribution in [-0.2, 0) is 20.8 Å². The van der Waals surface area contributed by atoms with Crippen LogP contribution in [-0.4, -0.2) is 66.4 Å². The number of esters is 1. The molecule has 33 heavy (non-hydrogen) atoms. The van der Waals surface area contributed by atoms with E-state index in [4.69, 9.17) is 9.47 Å². The van der Waals surface area contributed by atoms with Crippen molar-refractivity contribution in [1.82, 2.24) is 9.80 Å². The van der Waals surface area contributed by atoms with Gasteiger partial charge in [0, 0.05) is 32.0 Å². The Labute approximate surface area is 192 Å². The number of Topliss-reactive ketones (excluding diaryl/α,β-unsaturated/α-hetero) is 1. The second-order valence-electron chi connectivity index (χ2n) is 8.38. The minimum absolute atomic E-state index is 0.0397. The molecular weight excluding hydrogens is 424 g/mol. The zero-order chi connectivity index (χ0) is 23.7. The Hall–Kier alpha value is -3.65. The van der Waals surface area contributed by atoms with Gasteiger partial charge in [-0.2, -0.15) is 0 Å². The normalized spacial score (nSPS) is 19.0. The van der Waals surface area contributed by atoms with Crippen LogP contribution in [0.15, 0.2) is 48.0 Å². The summed E-state index contributed by atoms with van der Waals surface area (Å²) in [6, 6.07) is 11.1. The van der Waals surface area contributed by atoms with Gasteiger partial charge >= 0.3 is 5.97 Å². The predicted molar refractivity (Wildman–Crippen MR) is 121 cm³/mol. The van der Waals surface area contributed by atoms with Crippen molar-refractivity contribution in [3.63, 3.8) is 0 Å². The lowest BCUT2D eigenvalue weighted by Gasteiger charge is -2.26. The van der Waals surface area contributed by atoms with Gasteiger partial charge in [-0.15, -0.1) is 0 Å². The number of fused-ring (bicyclic) bond motifs is 1. The van der Waals surface area contributed by atoms with Crippen molar-refractivity contribution < 1.29 is 29.0 Å². The zero-order valence-corrected chi connectivity index (χ0v) is 18.8. The molecule has 1 amide bonds. The summed E-state index contributed by atoms with van der Waals surface area (Å²) < 4.78 is 10.6. The van der Waals surface area contributed by atoms with Crippen LogP contribution in [0.2, 0.25) is 0 Å². The highest BCUT2D eigenvalue weighted by Gasteiger charge is 2.46. The largest absolute Gasteiger partial charge is 0.507 e. The van der Waals surface area contributed by atoms with Gasteiger partial charge in [-0.25, -0.2) is 0 Å². The maximum absolute atomic E-state index is 13.1. The Morgan fingerprint density at radius 1 is 1.18 bits per heavy atom. The van der Waals surface area contributed by atoms with Crippen molar-refractivity contribution in [2.75, 3.05) is 33.8 Å². The smallest absolute Gasteiger partial charge is 0.308 e. The first-order valence-corrected chi connectivity index (χ1v) is 10.7. The molecule has 1 unspecified atom stereocenters. The molecule has 2 aliphatic heterocycles. The highest BCUT2D eigenvalue weighted by molar-refractivity contribution is 6.46. The standard InChI is InChI=1S/C25H26N2O6/c1-15(28)33-19-7-4-16(5-8-19)22-21(24(30)25(31)27(22)12-11-26(2)3)23(29)18-6-9-20-17(14-18)10-13-32-20/h4-9,14,22,29H,10-13H2,1-3H3/b23-21-. The lowest BCUT2D eigenvalue weighted by atomic mass is 9.94. The first kappa shape index (κ1) is 22.5. The molecule has 1 N–H and O–H groups in total. The summed E-state index contributed by atoms with van der Waals surface area (Å²) >= 11 is 0. The van der Waals surface area contributed by atoms with Crippen LogP contribution in [0.3, 0.4) is 0 Å². The number of likely N-dealkylation sites (N-methyl/N-ethyl adjacent to an activating group) is 1. The van der Waals surface area contributed by atoms with Gasteiger partial charge < -0.3 is 24.4 Å². The minimum Gasteiger partial charge on any atom is -0.507 e. The molecule has 0 bridgehead atoms. The lowest BCUT2D eigenvalue weighted by molar-refractivity contribution is -0.140. The van der Waals surface area contributed by atoms with Crippen molar-refractivity contribution in [3.8, 4) is 11.5 Å². The third-order valence-corrected chi connectivity index (χ3v) is 5.75. The number of amides is 1. The van der Waals surface area contributed by atoms with E-state index in [-0.39, 0.29) is 11.3 Å². The summed E-state index contributed by atoms with van der Waals surface area (Å²) in [5.74, 6) is -0.926. The SMILES string of the molecule is CC(=O)Oc1ccc(C2/C(=C(/O)c3ccc4c(c3)CCO4)C(=O)C(=O)N2CCN(C)C)cc1. The summed E-state index contributed by atoms with van der Waals surface area (Å²) in [7, 11) is 3.76. The van der Waals surface area contributed by atoms with Gasteiger partial charge in [0.25, 0.3) is 11.7 Å². The molecule has 1 fully saturated rings. The molecule has 1 saturated heterocycles. The molecule has 0 aromatic heterocycles. The first-order chi connectivity index (χ1) is 15.8. The summed E-state index contributed by atoms with van der Waals surface area (Å²) in [6.45, 7) is 2.74. The number of aliphatic hydroxyl groups excluding tert-OH is 1. The summed E-state index contributed by atoms with van der Waals surface area (Å²) in [4.78, 5) is 40.7. The quantitative estimate of drug-likeness (QED) is 0.238. The number of hydrogen-bond donors (Lipinski definition) is 1. The van der Waals surface area contributed by atoms with Crippen molar-refractivity contribution in [2.45, 2.75) is 19.4 Å². The maximum Gasteiger partial charge on any atom is 0.308 e. The van der Waals surface area contributed by atoms with E-state index in [1.807, 2.05) is 19.0 Å². The number of likely N-dealkylation sites (tertiary alicyclic amines) is 1. The van der Waals surface area contributed by atoms with E-state index < -0.39 is 23.7 Å². The van der Waals surface area contributed by atoms with Crippen LogP contribution >= 0.6 is 0 Å². The van der Waals surface area contributed by atoms with E-state index in [0.29, 0.717) is 43.0 Å². The van der Waals surface area contributed by atoms with Gasteiger partial charge in [0.05, 0.1) is 18.2 Å². The third kappa shape index (κ3) is 4.47. The van der Waals surface area contributed by atoms with E-state index in [0.717, 1.165) is 11.3 Å². The Kier molecular flexibility index (Phi) is 6.20. The van der Waals surface area contributed by atoms with Gasteiger partial charge in [-0.05, 0) is 55.6 Å². The van der Waals surface area contributed by atoms with Crippen molar-refractivity contribution in [2.24, 2.45) is 0 Å². The number of ether oxygens (including phenoxy) is 2. The molecular formula is C25H26N2O6. The van der Waals surface area contributed by atoms with Crippen molar-refractivity contribution in [3.05, 3.63) is 64.7 Å².